The quantitative estimate of drug-likeness (QED) is 0.500. The van der Waals surface area contributed by atoms with Crippen LogP contribution in [-0.4, -0.2) is 31.7 Å². The lowest BCUT2D eigenvalue weighted by atomic mass is 10.3. The van der Waals surface area contributed by atoms with Gasteiger partial charge in [-0.25, -0.2) is 0 Å². The topological polar surface area (TPSA) is 60.7 Å². The fourth-order valence-electron chi connectivity index (χ4n) is 1.65. The maximum Gasteiger partial charge on any atom is 0.214 e. The van der Waals surface area contributed by atoms with Crippen molar-refractivity contribution in [1.82, 2.24) is 20.2 Å². The summed E-state index contributed by atoms with van der Waals surface area (Å²) >= 11 is 6.16. The van der Waals surface area contributed by atoms with E-state index in [-0.39, 0.29) is 5.78 Å². The molecule has 0 saturated carbocycles. The molecule has 106 valence electrons. The first-order chi connectivity index (χ1) is 10.2. The lowest BCUT2D eigenvalue weighted by Gasteiger charge is -2.03. The number of hydrogen-bond donors (Lipinski definition) is 0. The predicted octanol–water partition coefficient (Wildman–Crippen LogP) is 3.46. The highest BCUT2D eigenvalue weighted by atomic mass is 79.9. The van der Waals surface area contributed by atoms with Crippen molar-refractivity contribution < 1.29 is 4.79 Å². The zero-order valence-corrected chi connectivity index (χ0v) is 13.9. The molecular weight excluding hydrogens is 372 g/mol. The monoisotopic (exact) mass is 380 g/mol. The minimum Gasteiger partial charge on any atom is -0.292 e. The Kier molecular flexibility index (Phi) is 4.47. The number of carbonyl (C=O) groups is 1. The number of benzene rings is 1. The normalized spacial score (nSPS) is 10.7. The lowest BCUT2D eigenvalue weighted by Crippen LogP contribution is -2.03. The Morgan fingerprint density at radius 2 is 2.10 bits per heavy atom. The van der Waals surface area contributed by atoms with Crippen LogP contribution in [0.5, 0.6) is 0 Å². The molecule has 0 spiro atoms. The molecule has 0 N–H and O–H groups in total. The summed E-state index contributed by atoms with van der Waals surface area (Å²) in [6.07, 6.45) is 0. The van der Waals surface area contributed by atoms with Gasteiger partial charge in [0, 0.05) is 4.47 Å². The Morgan fingerprint density at radius 1 is 1.29 bits per heavy atom. The summed E-state index contributed by atoms with van der Waals surface area (Å²) in [7, 11) is 0. The molecule has 0 radical (unpaired) electrons. The third-order valence-corrected chi connectivity index (χ3v) is 5.00. The van der Waals surface area contributed by atoms with Gasteiger partial charge in [-0.3, -0.25) is 4.79 Å². The number of tetrazole rings is 1. The molecule has 21 heavy (non-hydrogen) atoms. The van der Waals surface area contributed by atoms with Crippen molar-refractivity contribution in [1.29, 1.82) is 0 Å². The van der Waals surface area contributed by atoms with Crippen LogP contribution in [0, 0.1) is 0 Å². The Hall–Kier alpha value is -1.51. The van der Waals surface area contributed by atoms with Gasteiger partial charge in [-0.15, -0.1) is 16.4 Å². The number of aromatic nitrogens is 4. The fourth-order valence-corrected chi connectivity index (χ4v) is 3.45. The van der Waals surface area contributed by atoms with Crippen LogP contribution in [0.15, 0.2) is 51.4 Å². The van der Waals surface area contributed by atoms with Crippen molar-refractivity contribution in [2.24, 2.45) is 0 Å². The molecule has 1 aromatic carbocycles. The Morgan fingerprint density at radius 3 is 2.81 bits per heavy atom. The van der Waals surface area contributed by atoms with Gasteiger partial charge in [0.25, 0.3) is 0 Å². The van der Waals surface area contributed by atoms with Gasteiger partial charge < -0.3 is 0 Å². The van der Waals surface area contributed by atoms with E-state index in [0.29, 0.717) is 10.9 Å². The van der Waals surface area contributed by atoms with E-state index in [4.69, 9.17) is 0 Å². The zero-order chi connectivity index (χ0) is 14.7. The van der Waals surface area contributed by atoms with Gasteiger partial charge in [-0.2, -0.15) is 4.68 Å². The van der Waals surface area contributed by atoms with Crippen LogP contribution in [0.25, 0.3) is 5.69 Å². The van der Waals surface area contributed by atoms with Gasteiger partial charge >= 0.3 is 0 Å². The number of Topliss-reactive ketones (excluding diaryl/α,β-unsaturated/α-hetero) is 1. The van der Waals surface area contributed by atoms with Crippen LogP contribution in [0.3, 0.4) is 0 Å². The van der Waals surface area contributed by atoms with Crippen LogP contribution >= 0.6 is 39.0 Å². The largest absolute Gasteiger partial charge is 0.292 e. The molecule has 3 rings (SSSR count). The number of hydrogen-bond acceptors (Lipinski definition) is 6. The van der Waals surface area contributed by atoms with E-state index in [2.05, 4.69) is 31.5 Å². The lowest BCUT2D eigenvalue weighted by molar-refractivity contribution is 0.102. The zero-order valence-electron chi connectivity index (χ0n) is 10.6. The molecule has 5 nitrogen and oxygen atoms in total. The maximum atomic E-state index is 12.0. The molecule has 2 heterocycles. The highest BCUT2D eigenvalue weighted by Gasteiger charge is 2.13. The average molecular weight is 381 g/mol. The molecular formula is C13H9BrN4OS2. The van der Waals surface area contributed by atoms with Crippen LogP contribution in [0.2, 0.25) is 0 Å². The van der Waals surface area contributed by atoms with Crippen LogP contribution in [-0.2, 0) is 0 Å². The third kappa shape index (κ3) is 3.39. The van der Waals surface area contributed by atoms with Gasteiger partial charge in [0.15, 0.2) is 5.78 Å². The van der Waals surface area contributed by atoms with Crippen molar-refractivity contribution in [3.8, 4) is 5.69 Å². The molecule has 0 atom stereocenters. The van der Waals surface area contributed by atoms with E-state index in [0.717, 1.165) is 15.0 Å². The number of rotatable bonds is 5. The first-order valence-electron chi connectivity index (χ1n) is 5.98. The Labute approximate surface area is 137 Å². The third-order valence-electron chi connectivity index (χ3n) is 2.64. The number of nitrogens with zero attached hydrogens (tertiary/aromatic N) is 4. The van der Waals surface area contributed by atoms with Crippen molar-refractivity contribution in [2.45, 2.75) is 5.16 Å². The molecule has 3 aromatic rings. The van der Waals surface area contributed by atoms with Gasteiger partial charge in [0.1, 0.15) is 0 Å². The summed E-state index contributed by atoms with van der Waals surface area (Å²) in [4.78, 5) is 12.8. The van der Waals surface area contributed by atoms with Gasteiger partial charge in [-0.1, -0.05) is 33.8 Å². The SMILES string of the molecule is O=C(CSc1nnnn1-c1ccc(Br)cc1)c1cccs1. The van der Waals surface area contributed by atoms with Crippen LogP contribution < -0.4 is 0 Å². The fraction of sp³-hybridized carbons (Fsp3) is 0.0769. The first kappa shape index (κ1) is 14.4. The van der Waals surface area contributed by atoms with Crippen molar-refractivity contribution in [3.63, 3.8) is 0 Å². The van der Waals surface area contributed by atoms with Gasteiger partial charge in [0.2, 0.25) is 5.16 Å². The molecule has 0 aliphatic heterocycles. The second-order valence-corrected chi connectivity index (χ2v) is 6.84. The number of halogens is 1. The van der Waals surface area contributed by atoms with Crippen molar-refractivity contribution in [2.75, 3.05) is 5.75 Å². The van der Waals surface area contributed by atoms with E-state index in [9.17, 15) is 4.79 Å². The summed E-state index contributed by atoms with van der Waals surface area (Å²) in [6, 6.07) is 11.3. The van der Waals surface area contributed by atoms with Crippen molar-refractivity contribution in [3.05, 3.63) is 51.1 Å². The molecule has 8 heteroatoms. The molecule has 0 saturated heterocycles. The second-order valence-electron chi connectivity index (χ2n) is 4.04. The van der Waals surface area contributed by atoms with E-state index < -0.39 is 0 Å². The van der Waals surface area contributed by atoms with E-state index in [1.54, 1.807) is 4.68 Å². The first-order valence-corrected chi connectivity index (χ1v) is 8.64. The number of thioether (sulfide) groups is 1. The summed E-state index contributed by atoms with van der Waals surface area (Å²) in [5, 5.41) is 14.1. The smallest absolute Gasteiger partial charge is 0.214 e. The molecule has 0 aliphatic rings. The highest BCUT2D eigenvalue weighted by Crippen LogP contribution is 2.21. The van der Waals surface area contributed by atoms with E-state index in [1.807, 2.05) is 41.8 Å². The van der Waals surface area contributed by atoms with E-state index in [1.165, 1.54) is 23.1 Å². The number of ketones is 1. The van der Waals surface area contributed by atoms with Crippen LogP contribution in [0.4, 0.5) is 0 Å². The Bertz CT molecular complexity index is 740. The average Bonchev–Trinajstić information content (AvgIpc) is 3.17. The summed E-state index contributed by atoms with van der Waals surface area (Å²) < 4.78 is 2.61. The van der Waals surface area contributed by atoms with Crippen molar-refractivity contribution >= 4 is 44.8 Å². The molecule has 0 bridgehead atoms. The standard InChI is InChI=1S/C13H9BrN4OS2/c14-9-3-5-10(6-4-9)18-13(15-16-17-18)21-8-11(19)12-2-1-7-20-12/h1-7H,8H2. The summed E-state index contributed by atoms with van der Waals surface area (Å²) in [6.45, 7) is 0. The second kappa shape index (κ2) is 6.50. The Balaban J connectivity index is 1.74. The summed E-state index contributed by atoms with van der Waals surface area (Å²) in [5.74, 6) is 0.401. The molecule has 0 aliphatic carbocycles. The minimum absolute atomic E-state index is 0.0837. The molecule has 2 aromatic heterocycles. The maximum absolute atomic E-state index is 12.0. The molecule has 0 amide bonds. The molecule has 0 fully saturated rings. The minimum atomic E-state index is 0.0837. The summed E-state index contributed by atoms with van der Waals surface area (Å²) in [5.41, 5.74) is 0.856. The van der Waals surface area contributed by atoms with E-state index >= 15 is 0 Å². The van der Waals surface area contributed by atoms with Gasteiger partial charge in [-0.05, 0) is 46.1 Å². The number of carbonyl (C=O) groups excluding carboxylic acids is 1. The van der Waals surface area contributed by atoms with Crippen LogP contribution in [0.1, 0.15) is 9.67 Å². The predicted molar refractivity (Wildman–Crippen MR) is 86.2 cm³/mol. The number of thiophene rings is 1. The highest BCUT2D eigenvalue weighted by molar-refractivity contribution is 9.10. The van der Waals surface area contributed by atoms with Gasteiger partial charge in [0.05, 0.1) is 16.3 Å². The molecule has 0 unspecified atom stereocenters.